The van der Waals surface area contributed by atoms with Gasteiger partial charge in [-0.2, -0.15) is 0 Å². The van der Waals surface area contributed by atoms with E-state index in [1.165, 1.54) is 25.1 Å². The molecular weight excluding hydrogens is 279 g/mol. The Morgan fingerprint density at radius 3 is 2.69 bits per heavy atom. The van der Waals surface area contributed by atoms with Crippen LogP contribution in [0.1, 0.15) is 17.3 Å². The molecule has 0 spiro atoms. The molecule has 0 unspecified atom stereocenters. The van der Waals surface area contributed by atoms with E-state index >= 15 is 0 Å². The minimum absolute atomic E-state index is 0.137. The van der Waals surface area contributed by atoms with E-state index in [1.54, 1.807) is 0 Å². The van der Waals surface area contributed by atoms with Crippen molar-refractivity contribution in [3.8, 4) is 0 Å². The molecular formula is C10H10BrFN2O2. The van der Waals surface area contributed by atoms with Crippen molar-refractivity contribution >= 4 is 27.7 Å². The van der Waals surface area contributed by atoms with E-state index in [0.717, 1.165) is 0 Å². The van der Waals surface area contributed by atoms with Gasteiger partial charge in [-0.25, -0.2) is 4.39 Å². The Morgan fingerprint density at radius 1 is 1.50 bits per heavy atom. The first-order valence-electron chi connectivity index (χ1n) is 4.47. The summed E-state index contributed by atoms with van der Waals surface area (Å²) < 4.78 is 13.7. The fraction of sp³-hybridized carbons (Fsp3) is 0.200. The molecule has 1 rings (SSSR count). The van der Waals surface area contributed by atoms with Gasteiger partial charge in [0.05, 0.1) is 10.0 Å². The van der Waals surface area contributed by atoms with Gasteiger partial charge in [0.25, 0.3) is 5.91 Å². The quantitative estimate of drug-likeness (QED) is 0.877. The van der Waals surface area contributed by atoms with E-state index < -0.39 is 23.7 Å². The van der Waals surface area contributed by atoms with Gasteiger partial charge in [0.15, 0.2) is 0 Å². The SMILES string of the molecule is C[C@H](NC(=O)c1cccc(Br)c1F)C(N)=O. The fourth-order valence-corrected chi connectivity index (χ4v) is 1.39. The lowest BCUT2D eigenvalue weighted by atomic mass is 10.2. The van der Waals surface area contributed by atoms with Crippen LogP contribution in [-0.2, 0) is 4.79 Å². The number of halogens is 2. The average molecular weight is 289 g/mol. The van der Waals surface area contributed by atoms with Crippen LogP contribution in [0.3, 0.4) is 0 Å². The zero-order valence-electron chi connectivity index (χ0n) is 8.46. The second kappa shape index (κ2) is 5.07. The molecule has 0 aliphatic rings. The summed E-state index contributed by atoms with van der Waals surface area (Å²) in [6.07, 6.45) is 0. The normalized spacial score (nSPS) is 11.9. The van der Waals surface area contributed by atoms with Crippen molar-refractivity contribution in [2.45, 2.75) is 13.0 Å². The van der Waals surface area contributed by atoms with Crippen LogP contribution >= 0.6 is 15.9 Å². The third kappa shape index (κ3) is 2.79. The molecule has 0 saturated heterocycles. The molecule has 86 valence electrons. The highest BCUT2D eigenvalue weighted by atomic mass is 79.9. The summed E-state index contributed by atoms with van der Waals surface area (Å²) in [6, 6.07) is 3.48. The highest BCUT2D eigenvalue weighted by Gasteiger charge is 2.17. The topological polar surface area (TPSA) is 72.2 Å². The molecule has 0 aliphatic heterocycles. The molecule has 1 aromatic carbocycles. The van der Waals surface area contributed by atoms with E-state index in [-0.39, 0.29) is 10.0 Å². The number of rotatable bonds is 3. The Morgan fingerprint density at radius 2 is 2.12 bits per heavy atom. The van der Waals surface area contributed by atoms with Crippen LogP contribution in [0.2, 0.25) is 0 Å². The van der Waals surface area contributed by atoms with Crippen LogP contribution in [0, 0.1) is 5.82 Å². The maximum absolute atomic E-state index is 13.5. The first-order chi connectivity index (χ1) is 7.43. The van der Waals surface area contributed by atoms with Gasteiger partial charge in [-0.05, 0) is 35.0 Å². The summed E-state index contributed by atoms with van der Waals surface area (Å²) in [7, 11) is 0. The van der Waals surface area contributed by atoms with Crippen LogP contribution in [-0.4, -0.2) is 17.9 Å². The van der Waals surface area contributed by atoms with Gasteiger partial charge in [0, 0.05) is 0 Å². The van der Waals surface area contributed by atoms with Gasteiger partial charge in [0.2, 0.25) is 5.91 Å². The number of carbonyl (C=O) groups excluding carboxylic acids is 2. The Bertz CT molecular complexity index is 437. The second-order valence-corrected chi connectivity index (χ2v) is 4.05. The van der Waals surface area contributed by atoms with E-state index in [4.69, 9.17) is 5.73 Å². The number of benzene rings is 1. The van der Waals surface area contributed by atoms with Crippen molar-refractivity contribution < 1.29 is 14.0 Å². The standard InChI is InChI=1S/C10H10BrFN2O2/c1-5(9(13)15)14-10(16)6-3-2-4-7(11)8(6)12/h2-5H,1H3,(H2,13,15)(H,14,16)/t5-/m0/s1. The van der Waals surface area contributed by atoms with E-state index in [9.17, 15) is 14.0 Å². The summed E-state index contributed by atoms with van der Waals surface area (Å²) >= 11 is 2.96. The van der Waals surface area contributed by atoms with E-state index in [1.807, 2.05) is 0 Å². The van der Waals surface area contributed by atoms with Crippen LogP contribution < -0.4 is 11.1 Å². The average Bonchev–Trinajstić information content (AvgIpc) is 2.21. The summed E-state index contributed by atoms with van der Waals surface area (Å²) in [4.78, 5) is 22.3. The minimum Gasteiger partial charge on any atom is -0.368 e. The predicted octanol–water partition coefficient (Wildman–Crippen LogP) is 1.19. The number of hydrogen-bond acceptors (Lipinski definition) is 2. The summed E-state index contributed by atoms with van der Waals surface area (Å²) in [5.41, 5.74) is 4.84. The van der Waals surface area contributed by atoms with Crippen molar-refractivity contribution in [2.75, 3.05) is 0 Å². The molecule has 0 heterocycles. The molecule has 1 atom stereocenters. The summed E-state index contributed by atoms with van der Waals surface area (Å²) in [5, 5.41) is 2.29. The fourth-order valence-electron chi connectivity index (χ4n) is 1.02. The maximum atomic E-state index is 13.5. The second-order valence-electron chi connectivity index (χ2n) is 3.20. The molecule has 0 bridgehead atoms. The molecule has 0 saturated carbocycles. The molecule has 0 fully saturated rings. The third-order valence-corrected chi connectivity index (χ3v) is 2.58. The highest BCUT2D eigenvalue weighted by molar-refractivity contribution is 9.10. The highest BCUT2D eigenvalue weighted by Crippen LogP contribution is 2.18. The molecule has 6 heteroatoms. The molecule has 1 aromatic rings. The largest absolute Gasteiger partial charge is 0.368 e. The molecule has 0 aliphatic carbocycles. The van der Waals surface area contributed by atoms with Gasteiger partial charge in [0.1, 0.15) is 11.9 Å². The molecule has 0 aromatic heterocycles. The molecule has 3 N–H and O–H groups in total. The number of hydrogen-bond donors (Lipinski definition) is 2. The number of nitrogens with two attached hydrogens (primary N) is 1. The Balaban J connectivity index is 2.89. The van der Waals surface area contributed by atoms with Crippen molar-refractivity contribution in [2.24, 2.45) is 5.73 Å². The van der Waals surface area contributed by atoms with Crippen molar-refractivity contribution in [3.63, 3.8) is 0 Å². The van der Waals surface area contributed by atoms with Crippen LogP contribution in [0.5, 0.6) is 0 Å². The Kier molecular flexibility index (Phi) is 4.00. The van der Waals surface area contributed by atoms with Gasteiger partial charge < -0.3 is 11.1 Å². The lowest BCUT2D eigenvalue weighted by Gasteiger charge is -2.10. The summed E-state index contributed by atoms with van der Waals surface area (Å²) in [5.74, 6) is -2.02. The lowest BCUT2D eigenvalue weighted by molar-refractivity contribution is -0.119. The van der Waals surface area contributed by atoms with Gasteiger partial charge in [-0.3, -0.25) is 9.59 Å². The first kappa shape index (κ1) is 12.6. The van der Waals surface area contributed by atoms with E-state index in [0.29, 0.717) is 0 Å². The maximum Gasteiger partial charge on any atom is 0.254 e. The predicted molar refractivity (Wildman–Crippen MR) is 60.2 cm³/mol. The Hall–Kier alpha value is -1.43. The van der Waals surface area contributed by atoms with Gasteiger partial charge >= 0.3 is 0 Å². The number of primary amides is 1. The smallest absolute Gasteiger partial charge is 0.254 e. The van der Waals surface area contributed by atoms with E-state index in [2.05, 4.69) is 21.2 Å². The van der Waals surface area contributed by atoms with Crippen LogP contribution in [0.15, 0.2) is 22.7 Å². The van der Waals surface area contributed by atoms with Crippen molar-refractivity contribution in [1.82, 2.24) is 5.32 Å². The first-order valence-corrected chi connectivity index (χ1v) is 5.27. The summed E-state index contributed by atoms with van der Waals surface area (Å²) in [6.45, 7) is 1.43. The monoisotopic (exact) mass is 288 g/mol. The van der Waals surface area contributed by atoms with Gasteiger partial charge in [-0.15, -0.1) is 0 Å². The molecule has 4 nitrogen and oxygen atoms in total. The third-order valence-electron chi connectivity index (χ3n) is 1.97. The number of amides is 2. The van der Waals surface area contributed by atoms with Crippen LogP contribution in [0.4, 0.5) is 4.39 Å². The zero-order chi connectivity index (χ0) is 12.3. The minimum atomic E-state index is -0.842. The van der Waals surface area contributed by atoms with Crippen molar-refractivity contribution in [3.05, 3.63) is 34.1 Å². The number of carbonyl (C=O) groups is 2. The zero-order valence-corrected chi connectivity index (χ0v) is 10.0. The lowest BCUT2D eigenvalue weighted by Crippen LogP contribution is -2.42. The van der Waals surface area contributed by atoms with Gasteiger partial charge in [-0.1, -0.05) is 6.07 Å². The molecule has 2 amide bonds. The number of nitrogens with one attached hydrogen (secondary N) is 1. The van der Waals surface area contributed by atoms with Crippen LogP contribution in [0.25, 0.3) is 0 Å². The van der Waals surface area contributed by atoms with Crippen molar-refractivity contribution in [1.29, 1.82) is 0 Å². The Labute approximate surface area is 100 Å². The molecule has 0 radical (unpaired) electrons. The molecule has 16 heavy (non-hydrogen) atoms.